The summed E-state index contributed by atoms with van der Waals surface area (Å²) < 4.78 is 45.9. The van der Waals surface area contributed by atoms with E-state index in [0.29, 0.717) is 40.6 Å². The smallest absolute Gasteiger partial charge is 0.244 e. The maximum atomic E-state index is 13.5. The van der Waals surface area contributed by atoms with E-state index >= 15 is 0 Å². The summed E-state index contributed by atoms with van der Waals surface area (Å²) in [6.07, 6.45) is 4.94. The van der Waals surface area contributed by atoms with E-state index in [4.69, 9.17) is 37.6 Å². The van der Waals surface area contributed by atoms with Crippen molar-refractivity contribution in [1.29, 1.82) is 0 Å². The van der Waals surface area contributed by atoms with Crippen LogP contribution in [0.25, 0.3) is 22.3 Å². The summed E-state index contributed by atoms with van der Waals surface area (Å²) in [6, 6.07) is 7.88. The number of phenols is 1. The molecule has 2 aliphatic heterocycles. The zero-order valence-electron chi connectivity index (χ0n) is 23.6. The molecule has 0 atom stereocenters. The molecule has 2 aromatic carbocycles. The average Bonchev–Trinajstić information content (AvgIpc) is 3.46. The van der Waals surface area contributed by atoms with Gasteiger partial charge in [-0.2, -0.15) is 0 Å². The van der Waals surface area contributed by atoms with Gasteiger partial charge in [-0.3, -0.25) is 4.79 Å². The molecule has 3 aromatic rings. The molecule has 2 aliphatic rings. The zero-order chi connectivity index (χ0) is 29.4. The lowest BCUT2D eigenvalue weighted by molar-refractivity contribution is -0.119. The Kier molecular flexibility index (Phi) is 7.25. The van der Waals surface area contributed by atoms with Gasteiger partial charge in [-0.05, 0) is 18.6 Å². The Morgan fingerprint density at radius 1 is 0.927 bits per heavy atom. The topological polar surface area (TPSA) is 115 Å². The molecule has 0 spiro atoms. The second kappa shape index (κ2) is 10.7. The first kappa shape index (κ1) is 27.8. The fraction of sp³-hybridized carbons (Fsp3) is 0.323. The monoisotopic (exact) mass is 564 g/mol. The Hall–Kier alpha value is -4.73. The highest BCUT2D eigenvalue weighted by Crippen LogP contribution is 2.39. The number of rotatable bonds is 10. The van der Waals surface area contributed by atoms with Crippen molar-refractivity contribution in [3.63, 3.8) is 0 Å². The van der Waals surface area contributed by atoms with Crippen LogP contribution in [-0.2, 0) is 25.4 Å². The van der Waals surface area contributed by atoms with Crippen molar-refractivity contribution in [1.82, 2.24) is 0 Å². The van der Waals surface area contributed by atoms with E-state index in [1.807, 2.05) is 0 Å². The summed E-state index contributed by atoms with van der Waals surface area (Å²) in [5.41, 5.74) is 0.892. The Morgan fingerprint density at radius 3 is 2.17 bits per heavy atom. The number of fused-ring (bicyclic) bond motifs is 1. The molecule has 0 bridgehead atoms. The van der Waals surface area contributed by atoms with Gasteiger partial charge in [0.15, 0.2) is 28.4 Å². The van der Waals surface area contributed by atoms with Crippen molar-refractivity contribution >= 4 is 11.0 Å². The Balaban J connectivity index is 1.55. The molecule has 0 saturated heterocycles. The molecule has 0 saturated carbocycles. The summed E-state index contributed by atoms with van der Waals surface area (Å²) in [5, 5.41) is 11.0. The summed E-state index contributed by atoms with van der Waals surface area (Å²) in [7, 11) is 1.46. The standard InChI is InChI=1S/C31H32O10/c1-7-8-22-21(9-10-24(34-6)29(22)33)25-13-23(32)28-26(36-15-20-17-38-31(4,5)41-20)11-18(12-27(28)39-25)35-14-19-16-37-30(2,3)40-19/h7,9-13,16-17,33H,1,8,14-15H2,2-6H3. The molecule has 0 fully saturated rings. The first-order chi connectivity index (χ1) is 19.5. The van der Waals surface area contributed by atoms with Gasteiger partial charge in [0.2, 0.25) is 11.6 Å². The van der Waals surface area contributed by atoms with Crippen LogP contribution in [0.4, 0.5) is 0 Å². The third-order valence-corrected chi connectivity index (χ3v) is 6.30. The Bertz CT molecular complexity index is 1610. The fourth-order valence-electron chi connectivity index (χ4n) is 4.49. The van der Waals surface area contributed by atoms with E-state index in [2.05, 4.69) is 6.58 Å². The van der Waals surface area contributed by atoms with Crippen LogP contribution < -0.4 is 19.6 Å². The van der Waals surface area contributed by atoms with Crippen LogP contribution >= 0.6 is 0 Å². The number of phenolic OH excluding ortho intramolecular Hbond substituents is 1. The summed E-state index contributed by atoms with van der Waals surface area (Å²) >= 11 is 0. The third kappa shape index (κ3) is 5.91. The minimum atomic E-state index is -0.808. The maximum Gasteiger partial charge on any atom is 0.244 e. The average molecular weight is 565 g/mol. The Morgan fingerprint density at radius 2 is 1.59 bits per heavy atom. The number of hydrogen-bond donors (Lipinski definition) is 1. The van der Waals surface area contributed by atoms with Crippen LogP contribution in [0.15, 0.2) is 76.2 Å². The van der Waals surface area contributed by atoms with Crippen LogP contribution in [0.1, 0.15) is 33.3 Å². The van der Waals surface area contributed by atoms with Crippen molar-refractivity contribution in [3.8, 4) is 34.3 Å². The lowest BCUT2D eigenvalue weighted by Gasteiger charge is -2.19. The molecule has 0 radical (unpaired) electrons. The minimum Gasteiger partial charge on any atom is -0.504 e. The number of methoxy groups -OCH3 is 1. The molecule has 10 heteroatoms. The second-order valence-electron chi connectivity index (χ2n) is 10.4. The molecular formula is C31H32O10. The molecule has 41 heavy (non-hydrogen) atoms. The first-order valence-corrected chi connectivity index (χ1v) is 13.0. The van der Waals surface area contributed by atoms with Gasteiger partial charge < -0.3 is 42.7 Å². The quantitative estimate of drug-likeness (QED) is 0.298. The van der Waals surface area contributed by atoms with Gasteiger partial charge in [0.05, 0.1) is 7.11 Å². The van der Waals surface area contributed by atoms with Gasteiger partial charge in [-0.1, -0.05) is 6.08 Å². The molecule has 1 N–H and O–H groups in total. The largest absolute Gasteiger partial charge is 0.504 e. The third-order valence-electron chi connectivity index (χ3n) is 6.30. The van der Waals surface area contributed by atoms with Crippen LogP contribution in [0.2, 0.25) is 0 Å². The van der Waals surface area contributed by atoms with E-state index in [9.17, 15) is 9.90 Å². The molecule has 10 nitrogen and oxygen atoms in total. The number of ether oxygens (including phenoxy) is 7. The van der Waals surface area contributed by atoms with E-state index in [-0.39, 0.29) is 46.9 Å². The summed E-state index contributed by atoms with van der Waals surface area (Å²) in [5.74, 6) is 0.451. The van der Waals surface area contributed by atoms with Gasteiger partial charge >= 0.3 is 0 Å². The van der Waals surface area contributed by atoms with E-state index in [1.54, 1.807) is 58.0 Å². The highest BCUT2D eigenvalue weighted by molar-refractivity contribution is 5.87. The SMILES string of the molecule is C=CCc1c(-c2cc(=O)c3c(OCC4=COC(C)(C)O4)cc(OCC4=COC(C)(C)O4)cc3o2)ccc(OC)c1O. The Labute approximate surface area is 236 Å². The lowest BCUT2D eigenvalue weighted by atomic mass is 9.99. The number of allylic oxidation sites excluding steroid dienone is 1. The molecule has 0 unspecified atom stereocenters. The van der Waals surface area contributed by atoms with Gasteiger partial charge in [0, 0.05) is 57.0 Å². The van der Waals surface area contributed by atoms with Crippen LogP contribution in [-0.4, -0.2) is 37.0 Å². The highest BCUT2D eigenvalue weighted by Gasteiger charge is 2.29. The number of hydrogen-bond acceptors (Lipinski definition) is 10. The van der Waals surface area contributed by atoms with Crippen LogP contribution in [0.5, 0.6) is 23.0 Å². The van der Waals surface area contributed by atoms with Crippen molar-refractivity contribution in [3.05, 3.63) is 82.8 Å². The maximum absolute atomic E-state index is 13.5. The van der Waals surface area contributed by atoms with E-state index in [0.717, 1.165) is 0 Å². The molecule has 3 heterocycles. The number of aromatic hydroxyl groups is 1. The number of benzene rings is 2. The summed E-state index contributed by atoms with van der Waals surface area (Å²) in [6.45, 7) is 11.0. The van der Waals surface area contributed by atoms with Crippen LogP contribution in [0, 0.1) is 0 Å². The first-order valence-electron chi connectivity index (χ1n) is 13.0. The molecule has 0 amide bonds. The molecular weight excluding hydrogens is 532 g/mol. The zero-order valence-corrected chi connectivity index (χ0v) is 23.6. The highest BCUT2D eigenvalue weighted by atomic mass is 16.7. The van der Waals surface area contributed by atoms with Crippen LogP contribution in [0.3, 0.4) is 0 Å². The van der Waals surface area contributed by atoms with E-state index < -0.39 is 11.6 Å². The molecule has 1 aromatic heterocycles. The minimum absolute atomic E-state index is 0.00923. The van der Waals surface area contributed by atoms with Gasteiger partial charge in [0.1, 0.15) is 54.0 Å². The van der Waals surface area contributed by atoms with Crippen molar-refractivity contribution in [2.24, 2.45) is 0 Å². The van der Waals surface area contributed by atoms with Gasteiger partial charge in [-0.25, -0.2) is 0 Å². The normalized spacial score (nSPS) is 16.5. The fourth-order valence-corrected chi connectivity index (χ4v) is 4.49. The molecule has 5 rings (SSSR count). The lowest BCUT2D eigenvalue weighted by Crippen LogP contribution is -2.21. The van der Waals surface area contributed by atoms with E-state index in [1.165, 1.54) is 25.7 Å². The summed E-state index contributed by atoms with van der Waals surface area (Å²) in [4.78, 5) is 13.5. The molecule has 0 aliphatic carbocycles. The molecule has 216 valence electrons. The van der Waals surface area contributed by atoms with Crippen molar-refractivity contribution in [2.75, 3.05) is 20.3 Å². The van der Waals surface area contributed by atoms with Gasteiger partial charge in [-0.15, -0.1) is 6.58 Å². The second-order valence-corrected chi connectivity index (χ2v) is 10.4. The van der Waals surface area contributed by atoms with Gasteiger partial charge in [0.25, 0.3) is 0 Å². The van der Waals surface area contributed by atoms with Crippen molar-refractivity contribution in [2.45, 2.75) is 45.7 Å². The van der Waals surface area contributed by atoms with Crippen molar-refractivity contribution < 1.29 is 42.7 Å². The predicted molar refractivity (Wildman–Crippen MR) is 150 cm³/mol. The predicted octanol–water partition coefficient (Wildman–Crippen LogP) is 5.91.